The molecule has 5 atom stereocenters. The zero-order chi connectivity index (χ0) is 37.0. The summed E-state index contributed by atoms with van der Waals surface area (Å²) >= 11 is 6.37. The molecule has 0 bridgehead atoms. The Morgan fingerprint density at radius 1 is 0.980 bits per heavy atom. The van der Waals surface area contributed by atoms with Crippen molar-refractivity contribution in [2.24, 2.45) is 10.8 Å². The highest BCUT2D eigenvalue weighted by Crippen LogP contribution is 2.48. The average Bonchev–Trinajstić information content (AvgIpc) is 3.59. The Morgan fingerprint density at radius 3 is 2.12 bits per heavy atom. The van der Waals surface area contributed by atoms with Gasteiger partial charge in [0.2, 0.25) is 18.9 Å². The molecular weight excluding hydrogens is 695 g/mol. The van der Waals surface area contributed by atoms with Crippen LogP contribution in [0.5, 0.6) is 0 Å². The van der Waals surface area contributed by atoms with Crippen LogP contribution in [0.3, 0.4) is 0 Å². The van der Waals surface area contributed by atoms with E-state index in [1.807, 2.05) is 49.2 Å². The molecule has 1 saturated heterocycles. The van der Waals surface area contributed by atoms with Crippen molar-refractivity contribution >= 4 is 48.0 Å². The lowest BCUT2D eigenvalue weighted by molar-refractivity contribution is -0.162. The van der Waals surface area contributed by atoms with Gasteiger partial charge in [0.25, 0.3) is 0 Å². The van der Waals surface area contributed by atoms with E-state index in [1.54, 1.807) is 58.4 Å². The van der Waals surface area contributed by atoms with E-state index in [2.05, 4.69) is 9.97 Å². The lowest BCUT2D eigenvalue weighted by Gasteiger charge is -2.27. The highest BCUT2D eigenvalue weighted by molar-refractivity contribution is 7.53. The Kier molecular flexibility index (Phi) is 12.7. The summed E-state index contributed by atoms with van der Waals surface area (Å²) in [4.78, 5) is 35.2. The molecule has 17 heteroatoms. The summed E-state index contributed by atoms with van der Waals surface area (Å²) in [6.45, 7) is 10.0. The summed E-state index contributed by atoms with van der Waals surface area (Å²) < 4.78 is 47.3. The molecule has 276 valence electrons. The minimum atomic E-state index is -4.19. The Labute approximate surface area is 296 Å². The van der Waals surface area contributed by atoms with Gasteiger partial charge in [-0.2, -0.15) is 9.97 Å². The average molecular weight is 741 g/mol. The zero-order valence-corrected chi connectivity index (χ0v) is 31.1. The number of benzene rings is 1. The van der Waals surface area contributed by atoms with Crippen molar-refractivity contribution < 1.29 is 52.4 Å². The van der Waals surface area contributed by atoms with Gasteiger partial charge in [0.15, 0.2) is 6.23 Å². The van der Waals surface area contributed by atoms with Gasteiger partial charge in [0.1, 0.15) is 36.1 Å². The number of esters is 2. The minimum Gasteiger partial charge on any atom is -0.438 e. The first-order valence-electron chi connectivity index (χ1n) is 16.0. The van der Waals surface area contributed by atoms with Gasteiger partial charge in [0.05, 0.1) is 28.9 Å². The third kappa shape index (κ3) is 9.59. The van der Waals surface area contributed by atoms with E-state index in [-0.39, 0.29) is 17.9 Å². The van der Waals surface area contributed by atoms with E-state index in [9.17, 15) is 24.4 Å². The number of hydrogen-bond acceptors (Lipinski definition) is 14. The van der Waals surface area contributed by atoms with Gasteiger partial charge in [-0.3, -0.25) is 23.2 Å². The largest absolute Gasteiger partial charge is 0.438 e. The second-order valence-electron chi connectivity index (χ2n) is 14.0. The van der Waals surface area contributed by atoms with Gasteiger partial charge in [-0.05, 0) is 71.7 Å². The predicted molar refractivity (Wildman–Crippen MR) is 183 cm³/mol. The number of carbonyl (C=O) groups excluding carboxylic acids is 2. The number of anilines is 1. The molecule has 1 aliphatic rings. The number of aromatic nitrogens is 3. The van der Waals surface area contributed by atoms with Crippen molar-refractivity contribution in [2.75, 3.05) is 38.5 Å². The maximum absolute atomic E-state index is 13.5. The summed E-state index contributed by atoms with van der Waals surface area (Å²) in [5.41, 5.74) is -0.262. The number of hydrogen-bond donors (Lipinski definition) is 2. The molecular formula is C33H46ClN4O11P. The quantitative estimate of drug-likeness (QED) is 0.0953. The third-order valence-electron chi connectivity index (χ3n) is 7.97. The van der Waals surface area contributed by atoms with Crippen LogP contribution in [-0.4, -0.2) is 88.6 Å². The second kappa shape index (κ2) is 16.0. The molecule has 1 aliphatic heterocycles. The Balaban J connectivity index is 1.45. The first-order chi connectivity index (χ1) is 23.3. The standard InChI is InChI=1S/C33H46ClN4O11P/c1-20(21-12-10-9-11-13-21)37(8)26-22-14-15-38(27(22)36-31(34)35-26)28-25(40)24(39)23(49-28)16-44-19-50(43,47-17-45-29(41)32(2,3)4)48-18-46-30(42)33(5,6)7/h9-15,20,23-25,28,39-40H,16-19H2,1-8H3/t20-,23-,24-,25-,28-/m1/s1. The Morgan fingerprint density at radius 2 is 1.56 bits per heavy atom. The van der Waals surface area contributed by atoms with Crippen LogP contribution in [-0.2, 0) is 42.1 Å². The molecule has 0 saturated carbocycles. The molecule has 1 aromatic carbocycles. The summed E-state index contributed by atoms with van der Waals surface area (Å²) in [6.07, 6.45) is -4.06. The fourth-order valence-corrected chi connectivity index (χ4v) is 5.99. The smallest absolute Gasteiger partial charge is 0.361 e. The van der Waals surface area contributed by atoms with E-state index in [0.29, 0.717) is 16.9 Å². The normalized spacial score (nSPS) is 20.5. The monoisotopic (exact) mass is 740 g/mol. The van der Waals surface area contributed by atoms with Gasteiger partial charge in [-0.1, -0.05) is 30.3 Å². The first-order valence-corrected chi connectivity index (χ1v) is 18.1. The fourth-order valence-electron chi connectivity index (χ4n) is 4.85. The number of ether oxygens (including phenoxy) is 4. The number of halogens is 1. The number of nitrogens with zero attached hydrogens (tertiary/aromatic N) is 4. The van der Waals surface area contributed by atoms with E-state index < -0.39 is 74.8 Å². The lowest BCUT2D eigenvalue weighted by Crippen LogP contribution is -2.34. The van der Waals surface area contributed by atoms with Crippen LogP contribution in [0.1, 0.15) is 66.3 Å². The number of aliphatic hydroxyl groups excluding tert-OH is 2. The molecule has 0 spiro atoms. The van der Waals surface area contributed by atoms with Crippen molar-refractivity contribution in [2.45, 2.75) is 79.0 Å². The van der Waals surface area contributed by atoms with Crippen LogP contribution in [0, 0.1) is 10.8 Å². The van der Waals surface area contributed by atoms with Gasteiger partial charge in [0, 0.05) is 13.2 Å². The molecule has 0 unspecified atom stereocenters. The SMILES string of the molecule is C[C@H](c1ccccc1)N(C)c1nc(Cl)nc2c1ccn2[C@@H]1O[C@H](COCP(=O)(OCOC(=O)C(C)(C)C)OCOC(=O)C(C)(C)C)[C@@H](O)[C@H]1O. The molecule has 0 amide bonds. The van der Waals surface area contributed by atoms with Crippen LogP contribution in [0.15, 0.2) is 42.6 Å². The van der Waals surface area contributed by atoms with E-state index >= 15 is 0 Å². The van der Waals surface area contributed by atoms with E-state index in [1.165, 1.54) is 0 Å². The third-order valence-corrected chi connectivity index (χ3v) is 9.63. The molecule has 1 fully saturated rings. The second-order valence-corrected chi connectivity index (χ2v) is 16.3. The fraction of sp³-hybridized carbons (Fsp3) is 0.576. The molecule has 50 heavy (non-hydrogen) atoms. The van der Waals surface area contributed by atoms with Crippen LogP contribution in [0.25, 0.3) is 11.0 Å². The number of carbonyl (C=O) groups is 2. The van der Waals surface area contributed by atoms with Crippen molar-refractivity contribution in [3.63, 3.8) is 0 Å². The summed E-state index contributed by atoms with van der Waals surface area (Å²) in [5.74, 6) is -0.666. The number of rotatable bonds is 14. The Bertz CT molecular complexity index is 1640. The predicted octanol–water partition coefficient (Wildman–Crippen LogP) is 5.20. The number of fused-ring (bicyclic) bond motifs is 1. The molecule has 2 N–H and O–H groups in total. The van der Waals surface area contributed by atoms with E-state index in [0.717, 1.165) is 5.56 Å². The van der Waals surface area contributed by atoms with Crippen molar-refractivity contribution in [3.8, 4) is 0 Å². The van der Waals surface area contributed by atoms with Crippen LogP contribution >= 0.6 is 19.2 Å². The molecule has 15 nitrogen and oxygen atoms in total. The molecule has 3 heterocycles. The maximum Gasteiger partial charge on any atom is 0.361 e. The molecule has 0 radical (unpaired) electrons. The van der Waals surface area contributed by atoms with E-state index in [4.69, 9.17) is 39.6 Å². The summed E-state index contributed by atoms with van der Waals surface area (Å²) in [5, 5.41) is 22.5. The van der Waals surface area contributed by atoms with Crippen LogP contribution in [0.2, 0.25) is 5.28 Å². The van der Waals surface area contributed by atoms with Crippen molar-refractivity contribution in [1.82, 2.24) is 14.5 Å². The van der Waals surface area contributed by atoms with Crippen LogP contribution < -0.4 is 4.90 Å². The molecule has 0 aliphatic carbocycles. The summed E-state index contributed by atoms with van der Waals surface area (Å²) in [6, 6.07) is 11.6. The molecule has 2 aromatic heterocycles. The van der Waals surface area contributed by atoms with Crippen LogP contribution in [0.4, 0.5) is 5.82 Å². The maximum atomic E-state index is 13.5. The highest BCUT2D eigenvalue weighted by Gasteiger charge is 2.45. The summed E-state index contributed by atoms with van der Waals surface area (Å²) in [7, 11) is -2.30. The van der Waals surface area contributed by atoms with Gasteiger partial charge < -0.3 is 38.6 Å². The van der Waals surface area contributed by atoms with Gasteiger partial charge >= 0.3 is 19.5 Å². The number of aliphatic hydroxyl groups is 2. The molecule has 4 rings (SSSR count). The minimum absolute atomic E-state index is 0.0235. The zero-order valence-electron chi connectivity index (χ0n) is 29.4. The Hall–Kier alpha value is -3.14. The van der Waals surface area contributed by atoms with Gasteiger partial charge in [-0.25, -0.2) is 0 Å². The lowest BCUT2D eigenvalue weighted by atomic mass is 9.98. The molecule has 3 aromatic rings. The highest BCUT2D eigenvalue weighted by atomic mass is 35.5. The first kappa shape index (κ1) is 39.6. The van der Waals surface area contributed by atoms with Gasteiger partial charge in [-0.15, -0.1) is 0 Å². The van der Waals surface area contributed by atoms with Crippen molar-refractivity contribution in [1.29, 1.82) is 0 Å². The topological polar surface area (TPSA) is 181 Å². The van der Waals surface area contributed by atoms with Crippen molar-refractivity contribution in [3.05, 3.63) is 53.4 Å².